The molecule has 0 fully saturated rings. The van der Waals surface area contributed by atoms with Gasteiger partial charge in [0.15, 0.2) is 0 Å². The van der Waals surface area contributed by atoms with Crippen LogP contribution in [0.5, 0.6) is 11.5 Å². The molecule has 2 aromatic rings. The molecule has 2 rings (SSSR count). The molecule has 7 nitrogen and oxygen atoms in total. The molecular weight excluding hydrogens is 338 g/mol. The number of carboxylic acids is 1. The van der Waals surface area contributed by atoms with Crippen molar-refractivity contribution in [2.75, 3.05) is 18.5 Å². The number of halogens is 1. The molecule has 3 N–H and O–H groups in total. The summed E-state index contributed by atoms with van der Waals surface area (Å²) in [4.78, 5) is 22.5. The van der Waals surface area contributed by atoms with Crippen molar-refractivity contribution in [2.45, 2.75) is 0 Å². The van der Waals surface area contributed by atoms with Crippen LogP contribution in [0.4, 0.5) is 10.5 Å². The lowest BCUT2D eigenvalue weighted by Crippen LogP contribution is -2.17. The Morgan fingerprint density at radius 2 is 1.79 bits per heavy atom. The number of carboxylic acid groups (broad SMARTS) is 1. The highest BCUT2D eigenvalue weighted by molar-refractivity contribution is 6.30. The van der Waals surface area contributed by atoms with E-state index in [1.54, 1.807) is 24.3 Å². The second-order valence-electron chi connectivity index (χ2n) is 4.60. The summed E-state index contributed by atoms with van der Waals surface area (Å²) >= 11 is 5.75. The number of rotatable bonds is 6. The van der Waals surface area contributed by atoms with Crippen LogP contribution in [0.1, 0.15) is 10.4 Å². The fraction of sp³-hybridized carbons (Fsp3) is 0.125. The summed E-state index contributed by atoms with van der Waals surface area (Å²) in [6, 6.07) is 10.4. The number of nitrogens with one attached hydrogen (secondary N) is 1. The zero-order chi connectivity index (χ0) is 17.5. The molecule has 0 aliphatic rings. The molecule has 0 aliphatic carbocycles. The number of ether oxygens (including phenoxy) is 2. The van der Waals surface area contributed by atoms with Gasteiger partial charge in [-0.1, -0.05) is 11.6 Å². The molecular formula is C16H14ClNO6. The van der Waals surface area contributed by atoms with E-state index in [1.807, 2.05) is 0 Å². The van der Waals surface area contributed by atoms with Gasteiger partial charge in [-0.2, -0.15) is 0 Å². The van der Waals surface area contributed by atoms with E-state index in [-0.39, 0.29) is 24.5 Å². The van der Waals surface area contributed by atoms with Gasteiger partial charge in [0.1, 0.15) is 30.3 Å². The molecule has 0 radical (unpaired) electrons. The highest BCUT2D eigenvalue weighted by atomic mass is 35.5. The van der Waals surface area contributed by atoms with Crippen molar-refractivity contribution in [1.82, 2.24) is 0 Å². The predicted octanol–water partition coefficient (Wildman–Crippen LogP) is 3.37. The number of benzene rings is 2. The van der Waals surface area contributed by atoms with E-state index in [1.165, 1.54) is 12.1 Å². The standard InChI is InChI=1S/C16H14ClNO6/c17-10-1-4-12(5-2-10)23-7-8-24-16(22)18-11-3-6-14(19)13(9-11)15(20)21/h1-6,9,19H,7-8H2,(H,18,22)(H,20,21). The topological polar surface area (TPSA) is 105 Å². The lowest BCUT2D eigenvalue weighted by atomic mass is 10.2. The summed E-state index contributed by atoms with van der Waals surface area (Å²) < 4.78 is 10.3. The summed E-state index contributed by atoms with van der Waals surface area (Å²) in [5.74, 6) is -1.10. The number of amides is 1. The van der Waals surface area contributed by atoms with Gasteiger partial charge in [0.05, 0.1) is 0 Å². The molecule has 0 atom stereocenters. The number of carbonyl (C=O) groups excluding carboxylic acids is 1. The molecule has 0 bridgehead atoms. The zero-order valence-electron chi connectivity index (χ0n) is 12.4. The van der Waals surface area contributed by atoms with Crippen LogP contribution in [0.15, 0.2) is 42.5 Å². The molecule has 0 saturated carbocycles. The minimum atomic E-state index is -1.30. The monoisotopic (exact) mass is 351 g/mol. The Labute approximate surface area is 142 Å². The summed E-state index contributed by atoms with van der Waals surface area (Å²) in [7, 11) is 0. The van der Waals surface area contributed by atoms with Crippen LogP contribution in [0.3, 0.4) is 0 Å². The minimum absolute atomic E-state index is 0.00166. The lowest BCUT2D eigenvalue weighted by Gasteiger charge is -2.09. The highest BCUT2D eigenvalue weighted by Crippen LogP contribution is 2.21. The Bertz CT molecular complexity index is 732. The Morgan fingerprint density at radius 1 is 1.08 bits per heavy atom. The predicted molar refractivity (Wildman–Crippen MR) is 87.0 cm³/mol. The van der Waals surface area contributed by atoms with Gasteiger partial charge in [-0.25, -0.2) is 9.59 Å². The Balaban J connectivity index is 1.78. The van der Waals surface area contributed by atoms with Crippen LogP contribution in [-0.4, -0.2) is 35.5 Å². The van der Waals surface area contributed by atoms with E-state index in [2.05, 4.69) is 5.32 Å². The maximum atomic E-state index is 11.6. The normalized spacial score (nSPS) is 10.0. The molecule has 2 aromatic carbocycles. The van der Waals surface area contributed by atoms with Gasteiger partial charge in [-0.3, -0.25) is 5.32 Å². The quantitative estimate of drug-likeness (QED) is 0.544. The number of aromatic carboxylic acids is 1. The van der Waals surface area contributed by atoms with Crippen molar-refractivity contribution in [3.05, 3.63) is 53.1 Å². The molecule has 126 valence electrons. The summed E-state index contributed by atoms with van der Waals surface area (Å²) in [6.07, 6.45) is -0.767. The third-order valence-electron chi connectivity index (χ3n) is 2.87. The van der Waals surface area contributed by atoms with E-state index in [9.17, 15) is 14.7 Å². The first kappa shape index (κ1) is 17.4. The second-order valence-corrected chi connectivity index (χ2v) is 5.04. The third-order valence-corrected chi connectivity index (χ3v) is 3.12. The van der Waals surface area contributed by atoms with Crippen molar-refractivity contribution in [2.24, 2.45) is 0 Å². The van der Waals surface area contributed by atoms with Crippen LogP contribution in [0.2, 0.25) is 5.02 Å². The lowest BCUT2D eigenvalue weighted by molar-refractivity contribution is 0.0693. The maximum Gasteiger partial charge on any atom is 0.411 e. The average Bonchev–Trinajstić information content (AvgIpc) is 2.55. The molecule has 0 aromatic heterocycles. The average molecular weight is 352 g/mol. The Hall–Kier alpha value is -2.93. The van der Waals surface area contributed by atoms with Gasteiger partial charge in [-0.05, 0) is 42.5 Å². The van der Waals surface area contributed by atoms with Crippen LogP contribution in [0.25, 0.3) is 0 Å². The first-order chi connectivity index (χ1) is 11.5. The molecule has 0 spiro atoms. The van der Waals surface area contributed by atoms with Gasteiger partial charge in [-0.15, -0.1) is 0 Å². The SMILES string of the molecule is O=C(Nc1ccc(O)c(C(=O)O)c1)OCCOc1ccc(Cl)cc1. The van der Waals surface area contributed by atoms with E-state index in [0.29, 0.717) is 10.8 Å². The minimum Gasteiger partial charge on any atom is -0.507 e. The summed E-state index contributed by atoms with van der Waals surface area (Å²) in [5.41, 5.74) is -0.132. The molecule has 24 heavy (non-hydrogen) atoms. The second kappa shape index (κ2) is 8.07. The van der Waals surface area contributed by atoms with Crippen molar-refractivity contribution >= 4 is 29.4 Å². The van der Waals surface area contributed by atoms with Crippen LogP contribution < -0.4 is 10.1 Å². The van der Waals surface area contributed by atoms with Gasteiger partial charge in [0, 0.05) is 10.7 Å². The van der Waals surface area contributed by atoms with Crippen LogP contribution in [-0.2, 0) is 4.74 Å². The van der Waals surface area contributed by atoms with E-state index in [4.69, 9.17) is 26.2 Å². The molecule has 0 saturated heterocycles. The Morgan fingerprint density at radius 3 is 2.46 bits per heavy atom. The molecule has 0 unspecified atom stereocenters. The smallest absolute Gasteiger partial charge is 0.411 e. The van der Waals surface area contributed by atoms with Crippen molar-refractivity contribution in [1.29, 1.82) is 0 Å². The van der Waals surface area contributed by atoms with Crippen LogP contribution >= 0.6 is 11.6 Å². The summed E-state index contributed by atoms with van der Waals surface area (Å²) in [5, 5.41) is 21.2. The Kier molecular flexibility index (Phi) is 5.86. The van der Waals surface area contributed by atoms with Crippen molar-refractivity contribution in [3.8, 4) is 11.5 Å². The molecule has 8 heteroatoms. The van der Waals surface area contributed by atoms with Gasteiger partial charge < -0.3 is 19.7 Å². The summed E-state index contributed by atoms with van der Waals surface area (Å²) in [6.45, 7) is 0.142. The number of aromatic hydroxyl groups is 1. The zero-order valence-corrected chi connectivity index (χ0v) is 13.1. The van der Waals surface area contributed by atoms with Gasteiger partial charge in [0.2, 0.25) is 0 Å². The van der Waals surface area contributed by atoms with Gasteiger partial charge in [0.25, 0.3) is 0 Å². The fourth-order valence-electron chi connectivity index (χ4n) is 1.76. The van der Waals surface area contributed by atoms with Crippen LogP contribution in [0, 0.1) is 0 Å². The van der Waals surface area contributed by atoms with E-state index in [0.717, 1.165) is 6.07 Å². The first-order valence-corrected chi connectivity index (χ1v) is 7.22. The third kappa shape index (κ3) is 5.06. The molecule has 0 heterocycles. The van der Waals surface area contributed by atoms with Crippen molar-refractivity contribution in [3.63, 3.8) is 0 Å². The molecule has 0 aliphatic heterocycles. The fourth-order valence-corrected chi connectivity index (χ4v) is 1.89. The maximum absolute atomic E-state index is 11.6. The number of hydrogen-bond donors (Lipinski definition) is 3. The largest absolute Gasteiger partial charge is 0.507 e. The number of hydrogen-bond acceptors (Lipinski definition) is 5. The van der Waals surface area contributed by atoms with Crippen molar-refractivity contribution < 1.29 is 29.3 Å². The van der Waals surface area contributed by atoms with Gasteiger partial charge >= 0.3 is 12.1 Å². The van der Waals surface area contributed by atoms with E-state index >= 15 is 0 Å². The molecule has 1 amide bonds. The first-order valence-electron chi connectivity index (χ1n) is 6.84. The number of anilines is 1. The highest BCUT2D eigenvalue weighted by Gasteiger charge is 2.11. The number of phenols is 1. The number of carbonyl (C=O) groups is 2. The van der Waals surface area contributed by atoms with E-state index < -0.39 is 17.8 Å².